The molecule has 0 bridgehead atoms. The molecule has 0 spiro atoms. The van der Waals surface area contributed by atoms with E-state index in [1.54, 1.807) is 11.3 Å². The number of hydrogen-bond donors (Lipinski definition) is 0. The van der Waals surface area contributed by atoms with Gasteiger partial charge in [-0.15, -0.1) is 11.3 Å². The molecule has 2 rings (SSSR count). The van der Waals surface area contributed by atoms with Crippen LogP contribution in [0.4, 0.5) is 0 Å². The van der Waals surface area contributed by atoms with Crippen molar-refractivity contribution >= 4 is 27.3 Å². The molecule has 0 aliphatic heterocycles. The van der Waals surface area contributed by atoms with Crippen molar-refractivity contribution in [3.05, 3.63) is 38.6 Å². The fraction of sp³-hybridized carbons (Fsp3) is 0.167. The zero-order valence-electron chi connectivity index (χ0n) is 8.70. The predicted molar refractivity (Wildman–Crippen MR) is 69.3 cm³/mol. The fourth-order valence-corrected chi connectivity index (χ4v) is 2.62. The van der Waals surface area contributed by atoms with E-state index in [0.717, 1.165) is 25.6 Å². The van der Waals surface area contributed by atoms with Gasteiger partial charge in [-0.3, -0.25) is 0 Å². The number of benzene rings is 1. The lowest BCUT2D eigenvalue weighted by molar-refractivity contribution is 1.19. The van der Waals surface area contributed by atoms with Gasteiger partial charge >= 0.3 is 0 Å². The van der Waals surface area contributed by atoms with E-state index in [4.69, 9.17) is 5.26 Å². The van der Waals surface area contributed by atoms with Gasteiger partial charge in [0, 0.05) is 14.9 Å². The van der Waals surface area contributed by atoms with Crippen LogP contribution in [0.2, 0.25) is 0 Å². The Morgan fingerprint density at radius 3 is 2.69 bits per heavy atom. The molecule has 0 aliphatic carbocycles. The van der Waals surface area contributed by atoms with E-state index in [0.29, 0.717) is 6.42 Å². The first-order chi connectivity index (χ1) is 7.70. The van der Waals surface area contributed by atoms with Crippen molar-refractivity contribution in [2.45, 2.75) is 13.3 Å². The number of rotatable bonds is 2. The molecule has 4 heteroatoms. The minimum Gasteiger partial charge on any atom is -0.240 e. The van der Waals surface area contributed by atoms with Crippen LogP contribution >= 0.6 is 27.3 Å². The van der Waals surface area contributed by atoms with Gasteiger partial charge in [0.2, 0.25) is 0 Å². The molecule has 16 heavy (non-hydrogen) atoms. The summed E-state index contributed by atoms with van der Waals surface area (Å²) in [7, 11) is 0. The van der Waals surface area contributed by atoms with Crippen LogP contribution in [0.5, 0.6) is 0 Å². The Hall–Kier alpha value is -1.18. The molecule has 0 fully saturated rings. The first kappa shape index (κ1) is 11.3. The summed E-state index contributed by atoms with van der Waals surface area (Å²) in [4.78, 5) is 5.64. The quantitative estimate of drug-likeness (QED) is 0.840. The van der Waals surface area contributed by atoms with E-state index in [1.165, 1.54) is 0 Å². The molecule has 1 aromatic carbocycles. The van der Waals surface area contributed by atoms with Gasteiger partial charge in [-0.2, -0.15) is 5.26 Å². The Morgan fingerprint density at radius 2 is 2.06 bits per heavy atom. The first-order valence-corrected chi connectivity index (χ1v) is 6.41. The molecular weight excluding hydrogens is 284 g/mol. The minimum atomic E-state index is 0.391. The lowest BCUT2D eigenvalue weighted by Gasteiger charge is -1.98. The van der Waals surface area contributed by atoms with Crippen molar-refractivity contribution in [2.75, 3.05) is 0 Å². The van der Waals surface area contributed by atoms with E-state index in [1.807, 2.05) is 31.2 Å². The van der Waals surface area contributed by atoms with Crippen LogP contribution in [0.1, 0.15) is 9.88 Å². The molecule has 0 radical (unpaired) electrons. The van der Waals surface area contributed by atoms with Crippen LogP contribution < -0.4 is 0 Å². The summed E-state index contributed by atoms with van der Waals surface area (Å²) in [5, 5.41) is 9.52. The highest BCUT2D eigenvalue weighted by molar-refractivity contribution is 9.10. The SMILES string of the molecule is Cc1sc(CC#N)nc1-c1ccc(Br)cc1. The lowest BCUT2D eigenvalue weighted by Crippen LogP contribution is -1.82. The highest BCUT2D eigenvalue weighted by Crippen LogP contribution is 2.28. The second-order valence-electron chi connectivity index (χ2n) is 3.35. The van der Waals surface area contributed by atoms with Crippen molar-refractivity contribution in [1.29, 1.82) is 5.26 Å². The van der Waals surface area contributed by atoms with Crippen molar-refractivity contribution < 1.29 is 0 Å². The van der Waals surface area contributed by atoms with Crippen LogP contribution in [0.25, 0.3) is 11.3 Å². The van der Waals surface area contributed by atoms with Gasteiger partial charge in [0.25, 0.3) is 0 Å². The van der Waals surface area contributed by atoms with E-state index in [9.17, 15) is 0 Å². The maximum atomic E-state index is 8.64. The Labute approximate surface area is 107 Å². The maximum Gasteiger partial charge on any atom is 0.108 e. The van der Waals surface area contributed by atoms with E-state index in [2.05, 4.69) is 27.0 Å². The lowest BCUT2D eigenvalue weighted by atomic mass is 10.1. The topological polar surface area (TPSA) is 36.7 Å². The molecule has 0 saturated carbocycles. The molecule has 1 heterocycles. The van der Waals surface area contributed by atoms with Gasteiger partial charge in [-0.1, -0.05) is 28.1 Å². The predicted octanol–water partition coefficient (Wildman–Crippen LogP) is 3.95. The summed E-state index contributed by atoms with van der Waals surface area (Å²) >= 11 is 5.00. The molecule has 2 nitrogen and oxygen atoms in total. The smallest absolute Gasteiger partial charge is 0.108 e. The van der Waals surface area contributed by atoms with Crippen LogP contribution in [0.15, 0.2) is 28.7 Å². The monoisotopic (exact) mass is 292 g/mol. The van der Waals surface area contributed by atoms with Crippen molar-refractivity contribution in [2.24, 2.45) is 0 Å². The third kappa shape index (κ3) is 2.31. The number of nitrogens with zero attached hydrogens (tertiary/aromatic N) is 2. The van der Waals surface area contributed by atoms with Gasteiger partial charge in [0.1, 0.15) is 5.01 Å². The van der Waals surface area contributed by atoms with Crippen LogP contribution in [-0.4, -0.2) is 4.98 Å². The van der Waals surface area contributed by atoms with Crippen molar-refractivity contribution in [1.82, 2.24) is 4.98 Å². The Balaban J connectivity index is 2.40. The molecular formula is C12H9BrN2S. The van der Waals surface area contributed by atoms with Gasteiger partial charge in [-0.25, -0.2) is 4.98 Å². The average molecular weight is 293 g/mol. The second kappa shape index (κ2) is 4.77. The highest BCUT2D eigenvalue weighted by atomic mass is 79.9. The molecule has 80 valence electrons. The molecule has 0 atom stereocenters. The summed E-state index contributed by atoms with van der Waals surface area (Å²) in [5.74, 6) is 0. The molecule has 0 amide bonds. The van der Waals surface area contributed by atoms with E-state index < -0.39 is 0 Å². The van der Waals surface area contributed by atoms with E-state index >= 15 is 0 Å². The number of halogens is 1. The Morgan fingerprint density at radius 1 is 1.38 bits per heavy atom. The number of aromatic nitrogens is 1. The molecule has 0 N–H and O–H groups in total. The van der Waals surface area contributed by atoms with Crippen molar-refractivity contribution in [3.63, 3.8) is 0 Å². The normalized spacial score (nSPS) is 10.1. The van der Waals surface area contributed by atoms with Crippen LogP contribution in [0.3, 0.4) is 0 Å². The summed E-state index contributed by atoms with van der Waals surface area (Å²) in [6, 6.07) is 10.2. The minimum absolute atomic E-state index is 0.391. The van der Waals surface area contributed by atoms with Crippen molar-refractivity contribution in [3.8, 4) is 17.3 Å². The standard InChI is InChI=1S/C12H9BrN2S/c1-8-12(15-11(16-8)6-7-14)9-2-4-10(13)5-3-9/h2-5H,6H2,1H3. The van der Waals surface area contributed by atoms with Gasteiger partial charge < -0.3 is 0 Å². The third-order valence-electron chi connectivity index (χ3n) is 2.19. The summed E-state index contributed by atoms with van der Waals surface area (Å²) < 4.78 is 1.06. The number of thiazole rings is 1. The Kier molecular flexibility index (Phi) is 3.37. The molecule has 0 unspecified atom stereocenters. The maximum absolute atomic E-state index is 8.64. The van der Waals surface area contributed by atoms with Gasteiger partial charge in [0.15, 0.2) is 0 Å². The third-order valence-corrected chi connectivity index (χ3v) is 3.69. The van der Waals surface area contributed by atoms with Crippen LogP contribution in [-0.2, 0) is 6.42 Å². The van der Waals surface area contributed by atoms with Gasteiger partial charge in [0.05, 0.1) is 18.2 Å². The number of aryl methyl sites for hydroxylation is 1. The van der Waals surface area contributed by atoms with E-state index in [-0.39, 0.29) is 0 Å². The zero-order valence-corrected chi connectivity index (χ0v) is 11.1. The average Bonchev–Trinajstić information content (AvgIpc) is 2.61. The number of nitriles is 1. The van der Waals surface area contributed by atoms with Gasteiger partial charge in [-0.05, 0) is 19.1 Å². The molecule has 2 aromatic rings. The second-order valence-corrected chi connectivity index (χ2v) is 5.56. The molecule has 0 aliphatic rings. The highest BCUT2D eigenvalue weighted by Gasteiger charge is 2.09. The fourth-order valence-electron chi connectivity index (χ4n) is 1.47. The molecule has 1 aromatic heterocycles. The zero-order chi connectivity index (χ0) is 11.5. The summed E-state index contributed by atoms with van der Waals surface area (Å²) in [6.07, 6.45) is 0.391. The summed E-state index contributed by atoms with van der Waals surface area (Å²) in [5.41, 5.74) is 2.09. The summed E-state index contributed by atoms with van der Waals surface area (Å²) in [6.45, 7) is 2.04. The first-order valence-electron chi connectivity index (χ1n) is 4.80. The largest absolute Gasteiger partial charge is 0.240 e. The molecule has 0 saturated heterocycles. The van der Waals surface area contributed by atoms with Crippen LogP contribution in [0, 0.1) is 18.3 Å². The Bertz CT molecular complexity index is 537. The number of hydrogen-bond acceptors (Lipinski definition) is 3.